The third-order valence-electron chi connectivity index (χ3n) is 11.5. The second-order valence-electron chi connectivity index (χ2n) is 14.8. The Hall–Kier alpha value is -5.97. The third kappa shape index (κ3) is 6.83. The highest BCUT2D eigenvalue weighted by Gasteiger charge is 2.42. The number of imide groups is 1. The standard InChI is InChI=1S/C39H39N13O2S/c40-11-12-42-32-16-33(34-6-4-27-15-25(17-41)18-45-52(27)34)43-20-31(32)38-47-48-39(55-38)50-22-28-2-3-29(23-50)51(28)21-24-9-13-49(14-10-24)35-7-1-26(19-44-35)30-5-8-36(53)46-37(30)54/h1,4,6-7,15-16,18-20,24,28-30H,2-3,5,8-10,12-14,21-23H2,(H,42,43)(H,46,53,54)/t28?,29?,30-/m0/s1. The number of fused-ring (bicyclic) bond motifs is 3. The highest BCUT2D eigenvalue weighted by Crippen LogP contribution is 2.39. The van der Waals surface area contributed by atoms with E-state index in [0.717, 1.165) is 89.5 Å². The number of pyridine rings is 2. The summed E-state index contributed by atoms with van der Waals surface area (Å²) < 4.78 is 1.75. The fourth-order valence-electron chi connectivity index (χ4n) is 8.64. The molecule has 9 rings (SSSR count). The van der Waals surface area contributed by atoms with Gasteiger partial charge in [0, 0.05) is 69.3 Å². The van der Waals surface area contributed by atoms with Crippen molar-refractivity contribution in [2.75, 3.05) is 54.4 Å². The van der Waals surface area contributed by atoms with Gasteiger partial charge in [0.2, 0.25) is 16.9 Å². The van der Waals surface area contributed by atoms with Crippen LogP contribution in [-0.2, 0) is 9.59 Å². The fourth-order valence-corrected chi connectivity index (χ4v) is 9.53. The molecule has 15 nitrogen and oxygen atoms in total. The van der Waals surface area contributed by atoms with Gasteiger partial charge in [-0.3, -0.25) is 24.8 Å². The van der Waals surface area contributed by atoms with Gasteiger partial charge in [-0.25, -0.2) is 9.50 Å². The molecule has 5 aromatic heterocycles. The Morgan fingerprint density at radius 1 is 0.909 bits per heavy atom. The van der Waals surface area contributed by atoms with Crippen molar-refractivity contribution in [2.24, 2.45) is 5.92 Å². The van der Waals surface area contributed by atoms with E-state index in [0.29, 0.717) is 42.1 Å². The van der Waals surface area contributed by atoms with Crippen molar-refractivity contribution in [3.63, 3.8) is 0 Å². The number of nitrogens with one attached hydrogen (secondary N) is 2. The van der Waals surface area contributed by atoms with Gasteiger partial charge in [0.05, 0.1) is 46.2 Å². The number of carbonyl (C=O) groups is 2. The molecule has 4 saturated heterocycles. The van der Waals surface area contributed by atoms with E-state index in [2.05, 4.69) is 52.8 Å². The van der Waals surface area contributed by atoms with E-state index in [4.69, 9.17) is 9.97 Å². The van der Waals surface area contributed by atoms with Gasteiger partial charge < -0.3 is 15.1 Å². The summed E-state index contributed by atoms with van der Waals surface area (Å²) in [6, 6.07) is 16.8. The van der Waals surface area contributed by atoms with Crippen LogP contribution >= 0.6 is 11.3 Å². The number of amides is 2. The molecule has 9 heterocycles. The molecule has 0 aromatic carbocycles. The molecular weight excluding hydrogens is 715 g/mol. The largest absolute Gasteiger partial charge is 0.372 e. The quantitative estimate of drug-likeness (QED) is 0.161. The van der Waals surface area contributed by atoms with Crippen molar-refractivity contribution >= 4 is 45.3 Å². The number of hydrogen-bond acceptors (Lipinski definition) is 14. The fraction of sp³-hybridized carbons (Fsp3) is 0.410. The molecule has 2 N–H and O–H groups in total. The van der Waals surface area contributed by atoms with E-state index in [-0.39, 0.29) is 24.3 Å². The summed E-state index contributed by atoms with van der Waals surface area (Å²) in [5, 5.41) is 39.7. The van der Waals surface area contributed by atoms with Crippen molar-refractivity contribution in [1.82, 2.24) is 40.0 Å². The Bertz CT molecular complexity index is 2320. The van der Waals surface area contributed by atoms with E-state index in [1.165, 1.54) is 19.0 Å². The van der Waals surface area contributed by atoms with Gasteiger partial charge in [-0.05, 0) is 73.9 Å². The highest BCUT2D eigenvalue weighted by molar-refractivity contribution is 7.18. The van der Waals surface area contributed by atoms with E-state index >= 15 is 0 Å². The molecule has 4 fully saturated rings. The minimum Gasteiger partial charge on any atom is -0.372 e. The Kier molecular flexibility index (Phi) is 9.29. The van der Waals surface area contributed by atoms with Crippen LogP contribution in [0.5, 0.6) is 0 Å². The minimum absolute atomic E-state index is 0.127. The van der Waals surface area contributed by atoms with Crippen LogP contribution in [0.25, 0.3) is 27.5 Å². The molecule has 4 aliphatic rings. The zero-order valence-electron chi connectivity index (χ0n) is 30.1. The van der Waals surface area contributed by atoms with Crippen molar-refractivity contribution in [3.8, 4) is 34.1 Å². The maximum Gasteiger partial charge on any atom is 0.234 e. The van der Waals surface area contributed by atoms with Crippen molar-refractivity contribution in [3.05, 3.63) is 66.1 Å². The molecule has 0 radical (unpaired) electrons. The van der Waals surface area contributed by atoms with Crippen LogP contribution in [-0.4, -0.2) is 97.8 Å². The van der Waals surface area contributed by atoms with Crippen molar-refractivity contribution in [1.29, 1.82) is 10.5 Å². The number of rotatable bonds is 9. The first-order valence-corrected chi connectivity index (χ1v) is 19.6. The predicted octanol–water partition coefficient (Wildman–Crippen LogP) is 4.21. The maximum atomic E-state index is 12.3. The second kappa shape index (κ2) is 14.7. The SMILES string of the molecule is N#CCNc1cc(-c2ccc3cc(C#N)cnn23)ncc1-c1nnc(N2CC3CCC(C2)N3CC2CCN(c3ccc([C@@H]4CCC(=O)NC4=O)cn3)CC2)s1. The smallest absolute Gasteiger partial charge is 0.234 e. The van der Waals surface area contributed by atoms with Gasteiger partial charge in [0.1, 0.15) is 18.4 Å². The summed E-state index contributed by atoms with van der Waals surface area (Å²) in [5.74, 6) is 0.835. The van der Waals surface area contributed by atoms with E-state index in [1.54, 1.807) is 34.3 Å². The van der Waals surface area contributed by atoms with Crippen LogP contribution < -0.4 is 20.4 Å². The lowest BCUT2D eigenvalue weighted by molar-refractivity contribution is -0.134. The first-order valence-electron chi connectivity index (χ1n) is 18.8. The van der Waals surface area contributed by atoms with Gasteiger partial charge in [-0.2, -0.15) is 15.6 Å². The predicted molar refractivity (Wildman–Crippen MR) is 206 cm³/mol. The summed E-state index contributed by atoms with van der Waals surface area (Å²) in [5.41, 5.74) is 5.14. The average Bonchev–Trinajstić information content (AvgIpc) is 3.93. The van der Waals surface area contributed by atoms with E-state index < -0.39 is 0 Å². The number of carbonyl (C=O) groups excluding carboxylic acids is 2. The number of aromatic nitrogens is 6. The Balaban J connectivity index is 0.827. The Morgan fingerprint density at radius 2 is 1.75 bits per heavy atom. The molecule has 0 spiro atoms. The summed E-state index contributed by atoms with van der Waals surface area (Å²) >= 11 is 1.56. The number of piperidine rings is 2. The molecule has 0 aliphatic carbocycles. The Labute approximate surface area is 321 Å². The summed E-state index contributed by atoms with van der Waals surface area (Å²) in [6.07, 6.45) is 10.6. The van der Waals surface area contributed by atoms with Gasteiger partial charge in [0.15, 0.2) is 5.01 Å². The summed E-state index contributed by atoms with van der Waals surface area (Å²) in [7, 11) is 0. The van der Waals surface area contributed by atoms with Crippen molar-refractivity contribution < 1.29 is 9.59 Å². The van der Waals surface area contributed by atoms with Gasteiger partial charge in [0.25, 0.3) is 0 Å². The van der Waals surface area contributed by atoms with E-state index in [9.17, 15) is 20.1 Å². The average molecular weight is 754 g/mol. The topological polar surface area (TPSA) is 184 Å². The van der Waals surface area contributed by atoms with Gasteiger partial charge in [-0.1, -0.05) is 17.4 Å². The normalized spacial score (nSPS) is 21.7. The number of nitrogens with zero attached hydrogens (tertiary/aromatic N) is 11. The van der Waals surface area contributed by atoms with Crippen LogP contribution in [0.4, 0.5) is 16.6 Å². The maximum absolute atomic E-state index is 12.3. The molecule has 278 valence electrons. The number of nitriles is 2. The molecule has 2 bridgehead atoms. The van der Waals surface area contributed by atoms with Gasteiger partial charge in [-0.15, -0.1) is 10.2 Å². The lowest BCUT2D eigenvalue weighted by atomic mass is 9.91. The first kappa shape index (κ1) is 34.8. The third-order valence-corrected chi connectivity index (χ3v) is 12.5. The zero-order chi connectivity index (χ0) is 37.5. The van der Waals surface area contributed by atoms with E-state index in [1.807, 2.05) is 30.3 Å². The van der Waals surface area contributed by atoms with Crippen LogP contribution in [0.15, 0.2) is 55.0 Å². The molecule has 55 heavy (non-hydrogen) atoms. The lowest BCUT2D eigenvalue weighted by Gasteiger charge is -2.43. The molecule has 2 amide bonds. The highest BCUT2D eigenvalue weighted by atomic mass is 32.1. The summed E-state index contributed by atoms with van der Waals surface area (Å²) in [4.78, 5) is 40.8. The number of hydrogen-bond donors (Lipinski definition) is 2. The van der Waals surface area contributed by atoms with Crippen LogP contribution in [0, 0.1) is 28.6 Å². The molecule has 3 atom stereocenters. The van der Waals surface area contributed by atoms with Crippen LogP contribution in [0.1, 0.15) is 55.6 Å². The lowest BCUT2D eigenvalue weighted by Crippen LogP contribution is -2.55. The second-order valence-corrected chi connectivity index (χ2v) is 15.8. The summed E-state index contributed by atoms with van der Waals surface area (Å²) in [6.45, 7) is 5.00. The number of piperazine rings is 1. The Morgan fingerprint density at radius 3 is 2.49 bits per heavy atom. The molecule has 0 saturated carbocycles. The molecule has 4 aliphatic heterocycles. The molecular formula is C39H39N13O2S. The minimum atomic E-state index is -0.312. The zero-order valence-corrected chi connectivity index (χ0v) is 31.0. The monoisotopic (exact) mass is 753 g/mol. The van der Waals surface area contributed by atoms with Crippen LogP contribution in [0.3, 0.4) is 0 Å². The van der Waals surface area contributed by atoms with Gasteiger partial charge >= 0.3 is 0 Å². The van der Waals surface area contributed by atoms with Crippen molar-refractivity contribution in [2.45, 2.75) is 56.5 Å². The van der Waals surface area contributed by atoms with Crippen LogP contribution in [0.2, 0.25) is 0 Å². The first-order chi connectivity index (χ1) is 26.9. The number of anilines is 3. The molecule has 16 heteroatoms. The molecule has 2 unspecified atom stereocenters. The molecule has 5 aromatic rings.